The summed E-state index contributed by atoms with van der Waals surface area (Å²) in [6.07, 6.45) is 1.69. The Morgan fingerprint density at radius 2 is 1.88 bits per heavy atom. The van der Waals surface area contributed by atoms with Gasteiger partial charge in [-0.3, -0.25) is 4.79 Å². The minimum atomic E-state index is -0.681. The summed E-state index contributed by atoms with van der Waals surface area (Å²) >= 11 is 12.3. The number of nitrogens with one attached hydrogen (secondary N) is 1. The average Bonchev–Trinajstić information content (AvgIpc) is 2.83. The van der Waals surface area contributed by atoms with E-state index in [9.17, 15) is 9.18 Å². The number of nitrogen functional groups attached to an aromatic ring is 1. The number of carbonyl (C=O) groups excluding carboxylic acids is 1. The number of ether oxygens (including phenoxy) is 2. The number of halogens is 3. The van der Waals surface area contributed by atoms with E-state index in [1.165, 1.54) is 12.1 Å². The topological polar surface area (TPSA) is 86.5 Å². The molecule has 0 aliphatic heterocycles. The zero-order chi connectivity index (χ0) is 24.8. The van der Waals surface area contributed by atoms with Crippen molar-refractivity contribution in [1.29, 1.82) is 0 Å². The second kappa shape index (κ2) is 11.5. The summed E-state index contributed by atoms with van der Waals surface area (Å²) in [6.45, 7) is 4.13. The van der Waals surface area contributed by atoms with E-state index in [0.29, 0.717) is 23.5 Å². The Morgan fingerprint density at radius 3 is 2.53 bits per heavy atom. The first-order valence-electron chi connectivity index (χ1n) is 10.7. The van der Waals surface area contributed by atoms with Gasteiger partial charge < -0.3 is 20.5 Å². The maximum absolute atomic E-state index is 13.9. The lowest BCUT2D eigenvalue weighted by atomic mass is 10.0. The van der Waals surface area contributed by atoms with E-state index in [1.54, 1.807) is 38.4 Å². The molecule has 2 atom stereocenters. The smallest absolute Gasteiger partial charge is 0.251 e. The summed E-state index contributed by atoms with van der Waals surface area (Å²) < 4.78 is 25.0. The van der Waals surface area contributed by atoms with Crippen molar-refractivity contribution in [2.45, 2.75) is 32.4 Å². The van der Waals surface area contributed by atoms with Crippen molar-refractivity contribution in [3.8, 4) is 16.9 Å². The fourth-order valence-corrected chi connectivity index (χ4v) is 4.10. The number of methoxy groups -OCH3 is 1. The van der Waals surface area contributed by atoms with Crippen molar-refractivity contribution in [2.75, 3.05) is 19.5 Å². The van der Waals surface area contributed by atoms with Gasteiger partial charge in [0.1, 0.15) is 11.9 Å². The van der Waals surface area contributed by atoms with Gasteiger partial charge in [0.15, 0.2) is 11.6 Å². The fraction of sp³-hybridized carbons (Fsp3) is 0.280. The van der Waals surface area contributed by atoms with Crippen molar-refractivity contribution >= 4 is 34.9 Å². The van der Waals surface area contributed by atoms with Gasteiger partial charge in [-0.1, -0.05) is 42.3 Å². The molecular formula is C25H26Cl2FN3O3. The van der Waals surface area contributed by atoms with E-state index in [-0.39, 0.29) is 27.8 Å². The average molecular weight is 506 g/mol. The van der Waals surface area contributed by atoms with Crippen LogP contribution in [0.2, 0.25) is 10.0 Å². The van der Waals surface area contributed by atoms with Crippen LogP contribution in [-0.2, 0) is 4.74 Å². The third kappa shape index (κ3) is 5.97. The third-order valence-electron chi connectivity index (χ3n) is 5.35. The minimum absolute atomic E-state index is 0.0553. The maximum Gasteiger partial charge on any atom is 0.251 e. The second-order valence-electron chi connectivity index (χ2n) is 7.74. The summed E-state index contributed by atoms with van der Waals surface area (Å²) in [5.74, 6) is -0.298. The summed E-state index contributed by atoms with van der Waals surface area (Å²) in [4.78, 5) is 16.7. The number of rotatable bonds is 9. The van der Waals surface area contributed by atoms with Crippen LogP contribution in [0.5, 0.6) is 5.75 Å². The van der Waals surface area contributed by atoms with Gasteiger partial charge in [0.25, 0.3) is 5.91 Å². The highest BCUT2D eigenvalue weighted by molar-refractivity contribution is 6.36. The molecule has 0 spiro atoms. The molecule has 3 aromatic rings. The Kier molecular flexibility index (Phi) is 8.72. The molecule has 0 aliphatic carbocycles. The van der Waals surface area contributed by atoms with Crippen LogP contribution in [0.15, 0.2) is 48.7 Å². The molecule has 3 rings (SSSR count). The van der Waals surface area contributed by atoms with Crippen LogP contribution < -0.4 is 15.8 Å². The Bertz CT molecular complexity index is 1160. The van der Waals surface area contributed by atoms with E-state index in [2.05, 4.69) is 10.3 Å². The summed E-state index contributed by atoms with van der Waals surface area (Å²) in [5, 5.41) is 3.13. The van der Waals surface area contributed by atoms with Crippen LogP contribution >= 0.6 is 23.2 Å². The van der Waals surface area contributed by atoms with Gasteiger partial charge in [0.05, 0.1) is 17.7 Å². The SMILES string of the molecule is CC[C@@H](COC)NC(=O)c1ccc(-c2cnc(N)c(OC(C)c3c(Cl)ccc(F)c3Cl)c2)cc1. The zero-order valence-electron chi connectivity index (χ0n) is 19.1. The van der Waals surface area contributed by atoms with Gasteiger partial charge in [-0.05, 0) is 49.2 Å². The molecule has 1 unspecified atom stereocenters. The molecule has 0 aliphatic rings. The monoisotopic (exact) mass is 505 g/mol. The predicted octanol–water partition coefficient (Wildman–Crippen LogP) is 6.07. The highest BCUT2D eigenvalue weighted by Gasteiger charge is 2.20. The number of anilines is 1. The van der Waals surface area contributed by atoms with Crippen molar-refractivity contribution in [3.05, 3.63) is 75.7 Å². The molecule has 0 fully saturated rings. The number of pyridine rings is 1. The zero-order valence-corrected chi connectivity index (χ0v) is 20.6. The highest BCUT2D eigenvalue weighted by Crippen LogP contribution is 2.37. The molecule has 0 bridgehead atoms. The molecule has 3 N–H and O–H groups in total. The Morgan fingerprint density at radius 1 is 1.18 bits per heavy atom. The Labute approximate surface area is 208 Å². The van der Waals surface area contributed by atoms with Crippen molar-refractivity contribution in [2.24, 2.45) is 0 Å². The van der Waals surface area contributed by atoms with Gasteiger partial charge >= 0.3 is 0 Å². The first-order chi connectivity index (χ1) is 16.2. The lowest BCUT2D eigenvalue weighted by Gasteiger charge is -2.19. The molecule has 9 heteroatoms. The molecule has 1 heterocycles. The van der Waals surface area contributed by atoms with Crippen molar-refractivity contribution in [3.63, 3.8) is 0 Å². The van der Waals surface area contributed by atoms with Crippen LogP contribution in [-0.4, -0.2) is 30.6 Å². The van der Waals surface area contributed by atoms with Crippen LogP contribution in [0.3, 0.4) is 0 Å². The first-order valence-corrected chi connectivity index (χ1v) is 11.5. The number of hydrogen-bond donors (Lipinski definition) is 2. The highest BCUT2D eigenvalue weighted by atomic mass is 35.5. The Balaban J connectivity index is 1.80. The molecule has 34 heavy (non-hydrogen) atoms. The molecule has 2 aromatic carbocycles. The molecular weight excluding hydrogens is 480 g/mol. The number of aromatic nitrogens is 1. The molecule has 6 nitrogen and oxygen atoms in total. The van der Waals surface area contributed by atoms with Crippen molar-refractivity contribution < 1.29 is 18.7 Å². The van der Waals surface area contributed by atoms with E-state index in [0.717, 1.165) is 17.5 Å². The van der Waals surface area contributed by atoms with Crippen LogP contribution in [0, 0.1) is 5.82 Å². The Hall–Kier alpha value is -2.87. The predicted molar refractivity (Wildman–Crippen MR) is 133 cm³/mol. The molecule has 0 radical (unpaired) electrons. The van der Waals surface area contributed by atoms with Crippen LogP contribution in [0.1, 0.15) is 42.3 Å². The normalized spacial score (nSPS) is 12.8. The number of nitrogens with two attached hydrogens (primary N) is 1. The van der Waals surface area contributed by atoms with Gasteiger partial charge in [-0.25, -0.2) is 9.37 Å². The third-order valence-corrected chi connectivity index (χ3v) is 6.06. The van der Waals surface area contributed by atoms with Gasteiger partial charge in [0.2, 0.25) is 0 Å². The molecule has 180 valence electrons. The number of benzene rings is 2. The standard InChI is InChI=1S/C25H26Cl2FN3O3/c1-4-18(13-33-3)31-25(32)16-7-5-15(6-8-16)17-11-21(24(29)30-12-17)34-14(2)22-19(26)9-10-20(28)23(22)27/h5-12,14,18H,4,13H2,1-3H3,(H2,29,30)(H,31,32)/t14?,18-/m0/s1. The molecule has 0 saturated heterocycles. The number of nitrogens with zero attached hydrogens (tertiary/aromatic N) is 1. The molecule has 1 amide bonds. The number of carbonyl (C=O) groups is 1. The maximum atomic E-state index is 13.9. The second-order valence-corrected chi connectivity index (χ2v) is 8.52. The molecule has 0 saturated carbocycles. The summed E-state index contributed by atoms with van der Waals surface area (Å²) in [5.41, 5.74) is 8.40. The van der Waals surface area contributed by atoms with Crippen LogP contribution in [0.25, 0.3) is 11.1 Å². The largest absolute Gasteiger partial charge is 0.482 e. The lowest BCUT2D eigenvalue weighted by molar-refractivity contribution is 0.0894. The van der Waals surface area contributed by atoms with Crippen LogP contribution in [0.4, 0.5) is 10.2 Å². The van der Waals surface area contributed by atoms with Gasteiger partial charge in [-0.2, -0.15) is 0 Å². The summed E-state index contributed by atoms with van der Waals surface area (Å²) in [6, 6.07) is 11.4. The van der Waals surface area contributed by atoms with E-state index in [4.69, 9.17) is 38.4 Å². The molecule has 1 aromatic heterocycles. The number of amides is 1. The van der Waals surface area contributed by atoms with E-state index in [1.807, 2.05) is 19.1 Å². The first kappa shape index (κ1) is 25.7. The van der Waals surface area contributed by atoms with Gasteiger partial charge in [0, 0.05) is 35.0 Å². The minimum Gasteiger partial charge on any atom is -0.482 e. The van der Waals surface area contributed by atoms with E-state index >= 15 is 0 Å². The van der Waals surface area contributed by atoms with Gasteiger partial charge in [-0.15, -0.1) is 0 Å². The van der Waals surface area contributed by atoms with Crippen molar-refractivity contribution in [1.82, 2.24) is 10.3 Å². The number of hydrogen-bond acceptors (Lipinski definition) is 5. The quantitative estimate of drug-likeness (QED) is 0.344. The fourth-order valence-electron chi connectivity index (χ4n) is 3.42. The lowest BCUT2D eigenvalue weighted by Crippen LogP contribution is -2.37. The van der Waals surface area contributed by atoms with E-state index < -0.39 is 11.9 Å². The summed E-state index contributed by atoms with van der Waals surface area (Å²) in [7, 11) is 1.60.